The Bertz CT molecular complexity index is 1290. The van der Waals surface area contributed by atoms with E-state index in [1.807, 2.05) is 0 Å². The van der Waals surface area contributed by atoms with E-state index in [1.165, 1.54) is 20.8 Å². The largest absolute Gasteiger partial charge is 0.523 e. The molecule has 13 nitrogen and oxygen atoms in total. The van der Waals surface area contributed by atoms with Crippen LogP contribution in [-0.2, 0) is 47.6 Å². The second-order valence-electron chi connectivity index (χ2n) is 11.8. The first-order chi connectivity index (χ1) is 17.2. The molecule has 6 aliphatic rings. The molecule has 3 N–H and O–H groups in total. The molecule has 3 unspecified atom stereocenters. The Morgan fingerprint density at radius 3 is 2.13 bits per heavy atom. The van der Waals surface area contributed by atoms with Gasteiger partial charge in [0.05, 0.1) is 16.7 Å². The van der Waals surface area contributed by atoms with Crippen molar-refractivity contribution in [1.82, 2.24) is 0 Å². The molecule has 0 aromatic rings. The van der Waals surface area contributed by atoms with E-state index in [1.54, 1.807) is 0 Å². The van der Waals surface area contributed by atoms with Gasteiger partial charge in [0.25, 0.3) is 0 Å². The highest BCUT2D eigenvalue weighted by molar-refractivity contribution is 7.87. The topological polar surface area (TPSA) is 192 Å². The molecule has 4 aliphatic heterocycles. The summed E-state index contributed by atoms with van der Waals surface area (Å²) < 4.78 is 91.4. The van der Waals surface area contributed by atoms with Crippen LogP contribution < -0.4 is 0 Å². The van der Waals surface area contributed by atoms with Crippen molar-refractivity contribution < 1.29 is 74.4 Å². The molecule has 38 heavy (non-hydrogen) atoms. The Kier molecular flexibility index (Phi) is 4.57. The first kappa shape index (κ1) is 26.2. The summed E-state index contributed by atoms with van der Waals surface area (Å²) in [7, 11) is -6.38. The lowest BCUT2D eigenvalue weighted by Gasteiger charge is -2.47. The van der Waals surface area contributed by atoms with E-state index in [0.29, 0.717) is 0 Å². The van der Waals surface area contributed by atoms with Crippen LogP contribution in [0.25, 0.3) is 0 Å². The molecule has 0 bridgehead atoms. The molecule has 2 aliphatic carbocycles. The fourth-order valence-corrected chi connectivity index (χ4v) is 9.14. The van der Waals surface area contributed by atoms with Gasteiger partial charge in [0, 0.05) is 5.92 Å². The van der Waals surface area contributed by atoms with Gasteiger partial charge in [0.2, 0.25) is 11.9 Å². The number of carbonyl (C=O) groups excluding carboxylic acids is 3. The van der Waals surface area contributed by atoms with E-state index in [4.69, 9.17) is 23.1 Å². The molecule has 4 saturated heterocycles. The maximum absolute atomic E-state index is 13.6. The number of hydrogen-bond donors (Lipinski definition) is 3. The summed E-state index contributed by atoms with van der Waals surface area (Å²) in [6.07, 6.45) is -12.9. The third kappa shape index (κ3) is 2.18. The van der Waals surface area contributed by atoms with E-state index >= 15 is 0 Å². The van der Waals surface area contributed by atoms with Crippen LogP contribution >= 0.6 is 0 Å². The van der Waals surface area contributed by atoms with Gasteiger partial charge in [-0.15, -0.1) is 0 Å². The minimum Gasteiger partial charge on any atom is -0.456 e. The molecule has 212 valence electrons. The van der Waals surface area contributed by atoms with E-state index in [9.17, 15) is 51.3 Å². The highest BCUT2D eigenvalue weighted by Gasteiger charge is 3.05. The van der Waals surface area contributed by atoms with Gasteiger partial charge >= 0.3 is 33.5 Å². The summed E-state index contributed by atoms with van der Waals surface area (Å²) in [5, 5.41) is 35.1. The van der Waals surface area contributed by atoms with Gasteiger partial charge in [-0.2, -0.15) is 21.6 Å². The quantitative estimate of drug-likeness (QED) is 0.150. The second-order valence-corrected chi connectivity index (χ2v) is 13.3. The standard InChI is InChI=1S/C21H23F3O13S/c1-5-12(27)33-11-8(25)18-10-6(37-38(31,32)21(22,23)24)7(16(2,3)4)17(18)9(26)13(28)35-15(17)36-20(18,14(29)34-10)19(5,11)30/h5-11,15,25-26,30H,1-4H3/t5-,6-,7+,8+,9+,10-,11?,15+,17?,18?,19-,20-/m1/s1. The summed E-state index contributed by atoms with van der Waals surface area (Å²) in [6.45, 7) is 5.42. The van der Waals surface area contributed by atoms with Crippen LogP contribution in [0.3, 0.4) is 0 Å². The van der Waals surface area contributed by atoms with Gasteiger partial charge in [-0.3, -0.25) is 8.98 Å². The van der Waals surface area contributed by atoms with Gasteiger partial charge in [-0.25, -0.2) is 9.59 Å². The molecule has 0 amide bonds. The van der Waals surface area contributed by atoms with Crippen LogP contribution in [0, 0.1) is 28.1 Å². The molecule has 6 rings (SSSR count). The predicted molar refractivity (Wildman–Crippen MR) is 107 cm³/mol. The summed E-state index contributed by atoms with van der Waals surface area (Å²) in [5.41, 5.74) is -17.8. The summed E-state index contributed by atoms with van der Waals surface area (Å²) in [6, 6.07) is 0. The third-order valence-electron chi connectivity index (χ3n) is 9.45. The minimum atomic E-state index is -6.38. The molecular weight excluding hydrogens is 549 g/mol. The van der Waals surface area contributed by atoms with Gasteiger partial charge in [0.15, 0.2) is 17.8 Å². The maximum atomic E-state index is 13.6. The Morgan fingerprint density at radius 2 is 1.58 bits per heavy atom. The van der Waals surface area contributed by atoms with Gasteiger partial charge in [0.1, 0.15) is 18.3 Å². The van der Waals surface area contributed by atoms with Gasteiger partial charge in [-0.1, -0.05) is 20.8 Å². The van der Waals surface area contributed by atoms with Crippen LogP contribution in [0.2, 0.25) is 0 Å². The van der Waals surface area contributed by atoms with Gasteiger partial charge in [-0.05, 0) is 12.3 Å². The Morgan fingerprint density at radius 1 is 0.974 bits per heavy atom. The molecular formula is C21H23F3O13S. The number of alkyl halides is 3. The van der Waals surface area contributed by atoms with Crippen LogP contribution in [0.5, 0.6) is 0 Å². The number of carbonyl (C=O) groups is 3. The lowest BCUT2D eigenvalue weighted by atomic mass is 9.51. The van der Waals surface area contributed by atoms with Crippen molar-refractivity contribution in [2.24, 2.45) is 28.1 Å². The van der Waals surface area contributed by atoms with Crippen molar-refractivity contribution in [2.75, 3.05) is 0 Å². The number of halogens is 3. The van der Waals surface area contributed by atoms with Crippen molar-refractivity contribution in [2.45, 2.75) is 81.2 Å². The number of hydrogen-bond acceptors (Lipinski definition) is 13. The monoisotopic (exact) mass is 572 g/mol. The van der Waals surface area contributed by atoms with E-state index in [0.717, 1.165) is 6.92 Å². The normalized spacial score (nSPS) is 52.8. The number of aliphatic hydroxyl groups excluding tert-OH is 2. The van der Waals surface area contributed by atoms with Crippen LogP contribution in [0.15, 0.2) is 0 Å². The smallest absolute Gasteiger partial charge is 0.456 e. The van der Waals surface area contributed by atoms with Crippen molar-refractivity contribution >= 4 is 28.0 Å². The minimum absolute atomic E-state index is 1.05. The molecule has 2 spiro atoms. The summed E-state index contributed by atoms with van der Waals surface area (Å²) in [4.78, 5) is 38.9. The molecule has 4 heterocycles. The van der Waals surface area contributed by atoms with Crippen LogP contribution in [0.4, 0.5) is 13.2 Å². The predicted octanol–water partition coefficient (Wildman–Crippen LogP) is -1.52. The summed E-state index contributed by atoms with van der Waals surface area (Å²) in [5.74, 6) is -7.11. The maximum Gasteiger partial charge on any atom is 0.523 e. The van der Waals surface area contributed by atoms with Crippen LogP contribution in [-0.4, -0.2) is 95.2 Å². The van der Waals surface area contributed by atoms with Crippen molar-refractivity contribution in [3.05, 3.63) is 0 Å². The first-order valence-corrected chi connectivity index (χ1v) is 13.0. The second kappa shape index (κ2) is 6.63. The van der Waals surface area contributed by atoms with Crippen LogP contribution in [0.1, 0.15) is 27.7 Å². The fourth-order valence-electron chi connectivity index (χ4n) is 8.53. The highest BCUT2D eigenvalue weighted by atomic mass is 32.2. The highest BCUT2D eigenvalue weighted by Crippen LogP contribution is 2.84. The number of ether oxygens (including phenoxy) is 4. The Balaban J connectivity index is 1.71. The Hall–Kier alpha value is -2.05. The average Bonchev–Trinajstić information content (AvgIpc) is 3.46. The van der Waals surface area contributed by atoms with E-state index in [-0.39, 0.29) is 0 Å². The lowest BCUT2D eigenvalue weighted by Crippen LogP contribution is -2.67. The van der Waals surface area contributed by atoms with Gasteiger partial charge < -0.3 is 34.3 Å². The first-order valence-electron chi connectivity index (χ1n) is 11.6. The zero-order valence-corrected chi connectivity index (χ0v) is 20.9. The summed E-state index contributed by atoms with van der Waals surface area (Å²) >= 11 is 0. The van der Waals surface area contributed by atoms with Crippen molar-refractivity contribution in [1.29, 1.82) is 0 Å². The molecule has 2 saturated carbocycles. The number of aliphatic hydroxyl groups is 3. The number of rotatable bonds is 2. The lowest BCUT2D eigenvalue weighted by molar-refractivity contribution is -0.240. The molecule has 0 aromatic carbocycles. The third-order valence-corrected chi connectivity index (χ3v) is 10.5. The van der Waals surface area contributed by atoms with Crippen molar-refractivity contribution in [3.63, 3.8) is 0 Å². The fraction of sp³-hybridized carbons (Fsp3) is 0.857. The zero-order chi connectivity index (χ0) is 28.4. The molecule has 6 fully saturated rings. The molecule has 0 aromatic heterocycles. The Labute approximate surface area is 212 Å². The van der Waals surface area contributed by atoms with E-state index in [2.05, 4.69) is 0 Å². The zero-order valence-electron chi connectivity index (χ0n) is 20.1. The van der Waals surface area contributed by atoms with E-state index < -0.39 is 110 Å². The number of fused-ring (bicyclic) bond motifs is 1. The van der Waals surface area contributed by atoms with Crippen molar-refractivity contribution in [3.8, 4) is 0 Å². The molecule has 12 atom stereocenters. The number of esters is 3. The molecule has 0 radical (unpaired) electrons. The molecule has 17 heteroatoms. The average molecular weight is 572 g/mol. The SMILES string of the molecule is C[C@@H]1C(=O)OC2[C@H](O)C34[C@@H]5OC(=O)[C@]3(O[C@@H]3OC(=O)[C@H](O)C34[C@H](C(C)(C)C)[C@H]5OS(=O)(=O)C(F)(F)F)[C@]21O.